The summed E-state index contributed by atoms with van der Waals surface area (Å²) in [5, 5.41) is 9.08. The Labute approximate surface area is 289 Å². The van der Waals surface area contributed by atoms with Crippen molar-refractivity contribution in [1.82, 2.24) is 14.5 Å². The fourth-order valence-corrected chi connectivity index (χ4v) is 7.99. The van der Waals surface area contributed by atoms with Gasteiger partial charge in [-0.05, 0) is 86.1 Å². The van der Waals surface area contributed by atoms with Crippen LogP contribution >= 0.6 is 0 Å². The predicted octanol–water partition coefficient (Wildman–Crippen LogP) is 10.6. The first-order valence-electron chi connectivity index (χ1n) is 17.1. The first-order chi connectivity index (χ1) is 24.7. The lowest BCUT2D eigenvalue weighted by molar-refractivity contribution is 1.00. The molecule has 0 saturated carbocycles. The molecule has 0 spiro atoms. The largest absolute Gasteiger partial charge is 0.292 e. The summed E-state index contributed by atoms with van der Waals surface area (Å²) in [4.78, 5) is 10.7. The molecule has 0 bridgehead atoms. The van der Waals surface area contributed by atoms with Gasteiger partial charge in [-0.3, -0.25) is 4.57 Å². The molecule has 3 heteroatoms. The van der Waals surface area contributed by atoms with E-state index in [4.69, 9.17) is 9.97 Å². The number of aromatic nitrogens is 3. The van der Waals surface area contributed by atoms with Gasteiger partial charge in [-0.1, -0.05) is 140 Å². The van der Waals surface area contributed by atoms with Crippen molar-refractivity contribution in [2.24, 2.45) is 0 Å². The average Bonchev–Trinajstić information content (AvgIpc) is 3.45. The first-order valence-corrected chi connectivity index (χ1v) is 17.1. The fraction of sp³-hybridized carbons (Fsp3) is 0.0213. The molecule has 234 valence electrons. The Morgan fingerprint density at radius 1 is 0.500 bits per heavy atom. The van der Waals surface area contributed by atoms with Crippen molar-refractivity contribution in [1.29, 1.82) is 0 Å². The minimum Gasteiger partial charge on any atom is -0.292 e. The van der Waals surface area contributed by atoms with E-state index in [0.29, 0.717) is 0 Å². The Bertz CT molecular complexity index is 3000. The Balaban J connectivity index is 1.28. The Kier molecular flexibility index (Phi) is 6.24. The maximum atomic E-state index is 5.40. The zero-order chi connectivity index (χ0) is 33.3. The lowest BCUT2D eigenvalue weighted by Crippen LogP contribution is -2.33. The van der Waals surface area contributed by atoms with E-state index in [1.807, 2.05) is 19.1 Å². The van der Waals surface area contributed by atoms with Gasteiger partial charge in [0.1, 0.15) is 5.69 Å². The van der Waals surface area contributed by atoms with Crippen LogP contribution in [0, 0.1) is 0 Å². The standard InChI is InChI=1S/C47H31N3/c1-3-11-40-39(4-2)48-46(32-23-20-30(21-24-32)34-25-22-29-12-5-6-13-33(29)28-34)47(49-40)50-41-19-10-18-38-36-16-8-7-15-35(36)37-17-9-14-31-26-27-42(50)45(43(31)37)44(38)41/h3-28H,1H2,2H3/b39-4+,40-11+. The molecule has 0 radical (unpaired) electrons. The van der Waals surface area contributed by atoms with E-state index >= 15 is 0 Å². The predicted molar refractivity (Wildman–Crippen MR) is 211 cm³/mol. The summed E-state index contributed by atoms with van der Waals surface area (Å²) < 4.78 is 2.33. The third kappa shape index (κ3) is 4.10. The van der Waals surface area contributed by atoms with E-state index in [1.165, 1.54) is 60.1 Å². The van der Waals surface area contributed by atoms with Crippen LogP contribution in [0.1, 0.15) is 6.92 Å². The van der Waals surface area contributed by atoms with Crippen molar-refractivity contribution < 1.29 is 0 Å². The zero-order valence-corrected chi connectivity index (χ0v) is 27.6. The monoisotopic (exact) mass is 637 g/mol. The SMILES string of the molecule is C=C/C=c1/nc(-n2c3cccc4c3c3c5c(cccc5ccc32)-c2ccccc2-4)c(-c2ccc(-c3ccc4ccccc4c3)cc2)n/c1=C/C. The van der Waals surface area contributed by atoms with Crippen LogP contribution in [-0.2, 0) is 0 Å². The Morgan fingerprint density at radius 3 is 1.90 bits per heavy atom. The van der Waals surface area contributed by atoms with Gasteiger partial charge in [0.15, 0.2) is 5.82 Å². The Hall–Kier alpha value is -6.58. The Morgan fingerprint density at radius 2 is 1.12 bits per heavy atom. The van der Waals surface area contributed by atoms with Gasteiger partial charge in [0.2, 0.25) is 0 Å². The number of fused-ring (bicyclic) bond motifs is 4. The molecule has 1 aliphatic carbocycles. The molecule has 0 amide bonds. The number of allylic oxidation sites excluding steroid dienone is 1. The fourth-order valence-electron chi connectivity index (χ4n) is 7.99. The lowest BCUT2D eigenvalue weighted by Gasteiger charge is -2.15. The zero-order valence-electron chi connectivity index (χ0n) is 27.6. The van der Waals surface area contributed by atoms with Gasteiger partial charge in [-0.15, -0.1) is 0 Å². The molecular weight excluding hydrogens is 607 g/mol. The third-order valence-electron chi connectivity index (χ3n) is 10.2. The van der Waals surface area contributed by atoms with Gasteiger partial charge in [0.25, 0.3) is 0 Å². The molecule has 0 unspecified atom stereocenters. The molecule has 0 N–H and O–H groups in total. The van der Waals surface area contributed by atoms with Crippen LogP contribution in [0.5, 0.6) is 0 Å². The molecule has 3 nitrogen and oxygen atoms in total. The van der Waals surface area contributed by atoms with E-state index in [9.17, 15) is 0 Å². The normalized spacial score (nSPS) is 12.8. The topological polar surface area (TPSA) is 30.7 Å². The molecule has 2 aromatic heterocycles. The summed E-state index contributed by atoms with van der Waals surface area (Å²) in [5.74, 6) is 0.796. The lowest BCUT2D eigenvalue weighted by atomic mass is 9.93. The van der Waals surface area contributed by atoms with Crippen LogP contribution in [-0.4, -0.2) is 14.5 Å². The molecule has 0 aliphatic heterocycles. The van der Waals surface area contributed by atoms with E-state index in [0.717, 1.165) is 44.4 Å². The number of nitrogens with zero attached hydrogens (tertiary/aromatic N) is 3. The maximum absolute atomic E-state index is 5.40. The third-order valence-corrected chi connectivity index (χ3v) is 10.2. The summed E-state index contributed by atoms with van der Waals surface area (Å²) in [6.45, 7) is 6.02. The molecule has 9 aromatic rings. The van der Waals surface area contributed by atoms with Crippen molar-refractivity contribution in [2.75, 3.05) is 0 Å². The van der Waals surface area contributed by atoms with Crippen molar-refractivity contribution in [3.63, 3.8) is 0 Å². The molecule has 7 aromatic carbocycles. The van der Waals surface area contributed by atoms with Crippen molar-refractivity contribution >= 4 is 55.5 Å². The van der Waals surface area contributed by atoms with Gasteiger partial charge in [-0.25, -0.2) is 9.97 Å². The second-order valence-corrected chi connectivity index (χ2v) is 12.9. The van der Waals surface area contributed by atoms with Crippen LogP contribution in [0.2, 0.25) is 0 Å². The molecule has 1 aliphatic rings. The van der Waals surface area contributed by atoms with Crippen molar-refractivity contribution in [3.8, 4) is 50.5 Å². The van der Waals surface area contributed by atoms with Crippen LogP contribution < -0.4 is 10.7 Å². The number of benzene rings is 7. The van der Waals surface area contributed by atoms with Gasteiger partial charge in [0, 0.05) is 16.3 Å². The minimum absolute atomic E-state index is 0.791. The molecule has 2 heterocycles. The van der Waals surface area contributed by atoms with Gasteiger partial charge >= 0.3 is 0 Å². The molecular formula is C47H31N3. The van der Waals surface area contributed by atoms with Crippen LogP contribution in [0.25, 0.3) is 106 Å². The molecule has 10 rings (SSSR count). The first kappa shape index (κ1) is 28.4. The van der Waals surface area contributed by atoms with Gasteiger partial charge in [0.05, 0.1) is 21.7 Å². The van der Waals surface area contributed by atoms with Gasteiger partial charge in [-0.2, -0.15) is 0 Å². The summed E-state index contributed by atoms with van der Waals surface area (Å²) in [7, 11) is 0. The molecule has 50 heavy (non-hydrogen) atoms. The smallest absolute Gasteiger partial charge is 0.165 e. The van der Waals surface area contributed by atoms with Crippen LogP contribution in [0.3, 0.4) is 0 Å². The summed E-state index contributed by atoms with van der Waals surface area (Å²) in [5.41, 5.74) is 11.4. The van der Waals surface area contributed by atoms with E-state index in [2.05, 4.69) is 151 Å². The molecule has 0 fully saturated rings. The highest BCUT2D eigenvalue weighted by molar-refractivity contribution is 6.30. The maximum Gasteiger partial charge on any atom is 0.165 e. The quantitative estimate of drug-likeness (QED) is 0.192. The van der Waals surface area contributed by atoms with Crippen LogP contribution in [0.15, 0.2) is 152 Å². The minimum atomic E-state index is 0.791. The van der Waals surface area contributed by atoms with Crippen molar-refractivity contribution in [3.05, 3.63) is 163 Å². The number of rotatable bonds is 4. The number of hydrogen-bond acceptors (Lipinski definition) is 2. The highest BCUT2D eigenvalue weighted by Gasteiger charge is 2.26. The van der Waals surface area contributed by atoms with Crippen LogP contribution in [0.4, 0.5) is 0 Å². The molecule has 0 atom stereocenters. The van der Waals surface area contributed by atoms with E-state index in [1.54, 1.807) is 6.08 Å². The molecule has 0 saturated heterocycles. The highest BCUT2D eigenvalue weighted by atomic mass is 15.1. The highest BCUT2D eigenvalue weighted by Crippen LogP contribution is 2.49. The van der Waals surface area contributed by atoms with E-state index in [-0.39, 0.29) is 0 Å². The summed E-state index contributed by atoms with van der Waals surface area (Å²) in [6.07, 6.45) is 5.76. The second-order valence-electron chi connectivity index (χ2n) is 12.9. The summed E-state index contributed by atoms with van der Waals surface area (Å²) in [6, 6.07) is 50.5. The average molecular weight is 638 g/mol. The van der Waals surface area contributed by atoms with Crippen molar-refractivity contribution in [2.45, 2.75) is 6.92 Å². The number of hydrogen-bond donors (Lipinski definition) is 0. The van der Waals surface area contributed by atoms with Gasteiger partial charge < -0.3 is 0 Å². The summed E-state index contributed by atoms with van der Waals surface area (Å²) >= 11 is 0. The second kappa shape index (κ2) is 11.0. The van der Waals surface area contributed by atoms with E-state index < -0.39 is 0 Å².